The van der Waals surface area contributed by atoms with E-state index in [4.69, 9.17) is 28.0 Å². The molecule has 0 bridgehead atoms. The van der Waals surface area contributed by atoms with E-state index >= 15 is 0 Å². The summed E-state index contributed by atoms with van der Waals surface area (Å²) in [6.45, 7) is 7.10. The molecule has 2 aromatic rings. The maximum Gasteiger partial charge on any atom is 0.256 e. The molecule has 1 saturated heterocycles. The van der Waals surface area contributed by atoms with Crippen LogP contribution in [0.3, 0.4) is 0 Å². The minimum absolute atomic E-state index is 0.00365. The second-order valence-corrected chi connectivity index (χ2v) is 9.75. The molecule has 0 spiro atoms. The van der Waals surface area contributed by atoms with Gasteiger partial charge in [0, 0.05) is 34.1 Å². The molecule has 174 valence electrons. The number of carbonyl (C=O) groups is 2. The number of oxime groups is 1. The van der Waals surface area contributed by atoms with Crippen molar-refractivity contribution < 1.29 is 14.4 Å². The zero-order chi connectivity index (χ0) is 23.8. The summed E-state index contributed by atoms with van der Waals surface area (Å²) in [5, 5.41) is 5.41. The number of amides is 2. The Hall–Kier alpha value is -2.57. The fourth-order valence-corrected chi connectivity index (χ4v) is 4.77. The Morgan fingerprint density at radius 2 is 1.91 bits per heavy atom. The first-order valence-corrected chi connectivity index (χ1v) is 11.9. The molecule has 2 aromatic carbocycles. The lowest BCUT2D eigenvalue weighted by Crippen LogP contribution is -2.32. The lowest BCUT2D eigenvalue weighted by molar-refractivity contribution is -0.126. The van der Waals surface area contributed by atoms with Gasteiger partial charge in [-0.15, -0.1) is 0 Å². The van der Waals surface area contributed by atoms with Gasteiger partial charge >= 0.3 is 0 Å². The van der Waals surface area contributed by atoms with Gasteiger partial charge in [0.15, 0.2) is 5.60 Å². The van der Waals surface area contributed by atoms with Crippen molar-refractivity contribution in [2.24, 2.45) is 5.16 Å². The predicted molar refractivity (Wildman–Crippen MR) is 130 cm³/mol. The van der Waals surface area contributed by atoms with Gasteiger partial charge in [-0.2, -0.15) is 0 Å². The van der Waals surface area contributed by atoms with Crippen LogP contribution in [0.25, 0.3) is 0 Å². The molecular formula is C25H27Cl2N3O3. The van der Waals surface area contributed by atoms with E-state index in [0.29, 0.717) is 35.2 Å². The van der Waals surface area contributed by atoms with E-state index in [1.807, 2.05) is 38.1 Å². The second kappa shape index (κ2) is 9.35. The zero-order valence-electron chi connectivity index (χ0n) is 19.0. The zero-order valence-corrected chi connectivity index (χ0v) is 20.5. The van der Waals surface area contributed by atoms with Gasteiger partial charge < -0.3 is 14.6 Å². The fraction of sp³-hybridized carbons (Fsp3) is 0.400. The quantitative estimate of drug-likeness (QED) is 0.548. The summed E-state index contributed by atoms with van der Waals surface area (Å²) >= 11 is 12.3. The van der Waals surface area contributed by atoms with Gasteiger partial charge in [0.1, 0.15) is 6.54 Å². The van der Waals surface area contributed by atoms with E-state index in [0.717, 1.165) is 35.2 Å². The van der Waals surface area contributed by atoms with Crippen LogP contribution in [0.1, 0.15) is 60.2 Å². The molecule has 2 aliphatic heterocycles. The SMILES string of the molecule is CCCCN1CN(C(=O)c2ccc(C3=NOC(C)(c4cc(Cl)cc(Cl)c4)C3)cc2C)CC1=O. The third-order valence-corrected chi connectivity index (χ3v) is 6.65. The molecule has 0 saturated carbocycles. The molecule has 1 atom stereocenters. The minimum atomic E-state index is -0.676. The number of carbonyl (C=O) groups excluding carboxylic acids is 2. The number of rotatable bonds is 6. The lowest BCUT2D eigenvalue weighted by atomic mass is 9.88. The van der Waals surface area contributed by atoms with Crippen LogP contribution in [0, 0.1) is 6.92 Å². The Morgan fingerprint density at radius 3 is 2.58 bits per heavy atom. The van der Waals surface area contributed by atoms with Crippen LogP contribution < -0.4 is 0 Å². The van der Waals surface area contributed by atoms with Crippen LogP contribution in [0.2, 0.25) is 10.0 Å². The second-order valence-electron chi connectivity index (χ2n) is 8.88. The standard InChI is InChI=1S/C25H27Cl2N3O3/c1-4-5-8-29-15-30(14-23(29)31)24(32)21-7-6-17(9-16(21)2)22-13-25(3,33-28-22)18-10-19(26)12-20(27)11-18/h6-7,9-12H,4-5,8,13-15H2,1-3H3. The van der Waals surface area contributed by atoms with Crippen LogP contribution in [0.4, 0.5) is 0 Å². The van der Waals surface area contributed by atoms with Gasteiger partial charge in [-0.05, 0) is 61.7 Å². The molecule has 1 fully saturated rings. The molecule has 4 rings (SSSR count). The van der Waals surface area contributed by atoms with Crippen molar-refractivity contribution >= 4 is 40.7 Å². The van der Waals surface area contributed by atoms with Crippen molar-refractivity contribution in [3.05, 3.63) is 68.7 Å². The Balaban J connectivity index is 1.48. The van der Waals surface area contributed by atoms with Crippen molar-refractivity contribution in [1.82, 2.24) is 9.80 Å². The highest BCUT2D eigenvalue weighted by atomic mass is 35.5. The summed E-state index contributed by atoms with van der Waals surface area (Å²) < 4.78 is 0. The summed E-state index contributed by atoms with van der Waals surface area (Å²) in [5.41, 5.74) is 3.28. The van der Waals surface area contributed by atoms with Gasteiger partial charge in [-0.3, -0.25) is 9.59 Å². The minimum Gasteiger partial charge on any atom is -0.384 e. The molecule has 2 aliphatic rings. The normalized spacial score (nSPS) is 20.3. The van der Waals surface area contributed by atoms with Crippen molar-refractivity contribution in [3.63, 3.8) is 0 Å². The Bertz CT molecular complexity index is 1110. The molecule has 0 N–H and O–H groups in total. The Morgan fingerprint density at radius 1 is 1.18 bits per heavy atom. The van der Waals surface area contributed by atoms with Crippen molar-refractivity contribution in [3.8, 4) is 0 Å². The molecule has 2 heterocycles. The maximum absolute atomic E-state index is 13.1. The molecule has 1 unspecified atom stereocenters. The predicted octanol–water partition coefficient (Wildman–Crippen LogP) is 5.38. The number of nitrogens with zero attached hydrogens (tertiary/aromatic N) is 3. The van der Waals surface area contributed by atoms with E-state index in [1.54, 1.807) is 21.9 Å². The van der Waals surface area contributed by atoms with E-state index in [9.17, 15) is 9.59 Å². The van der Waals surface area contributed by atoms with Crippen LogP contribution in [0.15, 0.2) is 41.6 Å². The van der Waals surface area contributed by atoms with E-state index in [-0.39, 0.29) is 18.4 Å². The lowest BCUT2D eigenvalue weighted by Gasteiger charge is -2.22. The first-order valence-electron chi connectivity index (χ1n) is 11.1. The van der Waals surface area contributed by atoms with Gasteiger partial charge in [-0.25, -0.2) is 0 Å². The first-order chi connectivity index (χ1) is 15.7. The molecule has 0 aliphatic carbocycles. The molecule has 2 amide bonds. The van der Waals surface area contributed by atoms with Gasteiger partial charge in [0.25, 0.3) is 5.91 Å². The Labute approximate surface area is 204 Å². The number of benzene rings is 2. The third kappa shape index (κ3) is 4.87. The largest absolute Gasteiger partial charge is 0.384 e. The highest BCUT2D eigenvalue weighted by Crippen LogP contribution is 2.38. The summed E-state index contributed by atoms with van der Waals surface area (Å²) in [5.74, 6) is -0.127. The van der Waals surface area contributed by atoms with E-state index < -0.39 is 5.60 Å². The monoisotopic (exact) mass is 487 g/mol. The fourth-order valence-electron chi connectivity index (χ4n) is 4.24. The van der Waals surface area contributed by atoms with Gasteiger partial charge in [0.2, 0.25) is 5.91 Å². The third-order valence-electron chi connectivity index (χ3n) is 6.21. The summed E-state index contributed by atoms with van der Waals surface area (Å²) in [4.78, 5) is 34.5. The molecule has 6 nitrogen and oxygen atoms in total. The first kappa shape index (κ1) is 23.6. The molecule has 8 heteroatoms. The maximum atomic E-state index is 13.1. The van der Waals surface area contributed by atoms with Crippen LogP contribution >= 0.6 is 23.2 Å². The molecule has 0 aromatic heterocycles. The summed E-state index contributed by atoms with van der Waals surface area (Å²) in [7, 11) is 0. The average molecular weight is 488 g/mol. The smallest absolute Gasteiger partial charge is 0.256 e. The number of unbranched alkanes of at least 4 members (excludes halogenated alkanes) is 1. The summed E-state index contributed by atoms with van der Waals surface area (Å²) in [6.07, 6.45) is 2.49. The number of aryl methyl sites for hydroxylation is 1. The van der Waals surface area contributed by atoms with Gasteiger partial charge in [0.05, 0.1) is 12.4 Å². The number of hydrogen-bond donors (Lipinski definition) is 0. The highest BCUT2D eigenvalue weighted by Gasteiger charge is 2.37. The Kier molecular flexibility index (Phi) is 6.68. The average Bonchev–Trinajstić information content (AvgIpc) is 3.35. The topological polar surface area (TPSA) is 62.2 Å². The van der Waals surface area contributed by atoms with Crippen molar-refractivity contribution in [1.29, 1.82) is 0 Å². The molecular weight excluding hydrogens is 461 g/mol. The van der Waals surface area contributed by atoms with Crippen LogP contribution in [-0.2, 0) is 15.2 Å². The number of halogens is 2. The molecule has 33 heavy (non-hydrogen) atoms. The van der Waals surface area contributed by atoms with E-state index in [2.05, 4.69) is 12.1 Å². The number of hydrogen-bond acceptors (Lipinski definition) is 4. The van der Waals surface area contributed by atoms with E-state index in [1.165, 1.54) is 0 Å². The van der Waals surface area contributed by atoms with Crippen LogP contribution in [-0.4, -0.2) is 47.1 Å². The van der Waals surface area contributed by atoms with Crippen LogP contribution in [0.5, 0.6) is 0 Å². The van der Waals surface area contributed by atoms with Crippen molar-refractivity contribution in [2.75, 3.05) is 19.8 Å². The van der Waals surface area contributed by atoms with Crippen molar-refractivity contribution in [2.45, 2.75) is 45.6 Å². The molecule has 0 radical (unpaired) electrons. The van der Waals surface area contributed by atoms with Gasteiger partial charge in [-0.1, -0.05) is 47.8 Å². The summed E-state index contributed by atoms with van der Waals surface area (Å²) in [6, 6.07) is 11.0. The highest BCUT2D eigenvalue weighted by molar-refractivity contribution is 6.34.